The molecule has 3 aliphatic rings. The Balaban J connectivity index is 1.58. The lowest BCUT2D eigenvalue weighted by molar-refractivity contribution is -0.0600. The van der Waals surface area contributed by atoms with Crippen molar-refractivity contribution in [2.24, 2.45) is 0 Å². The summed E-state index contributed by atoms with van der Waals surface area (Å²) in [6.07, 6.45) is 5.03. The number of amides is 1. The molecule has 2 heterocycles. The van der Waals surface area contributed by atoms with Crippen molar-refractivity contribution >= 4 is 13.2 Å². The summed E-state index contributed by atoms with van der Waals surface area (Å²) >= 11 is 0. The Labute approximate surface area is 152 Å². The Morgan fingerprint density at radius 3 is 1.96 bits per heavy atom. The SMILES string of the molecule is CC(C)(C)OC(=O)N1CCC12CCC(B1OC(C)(C)C(C)(C)O1)CC2. The summed E-state index contributed by atoms with van der Waals surface area (Å²) in [5, 5.41) is 0. The van der Waals surface area contributed by atoms with E-state index in [9.17, 15) is 4.79 Å². The first-order valence-corrected chi connectivity index (χ1v) is 9.72. The second-order valence-electron chi connectivity index (χ2n) is 10.1. The Morgan fingerprint density at radius 2 is 1.56 bits per heavy atom. The molecule has 1 amide bonds. The van der Waals surface area contributed by atoms with Crippen LogP contribution in [0, 0.1) is 0 Å². The molecule has 5 nitrogen and oxygen atoms in total. The molecule has 142 valence electrons. The van der Waals surface area contributed by atoms with Crippen molar-refractivity contribution in [3.63, 3.8) is 0 Å². The number of nitrogens with zero attached hydrogens (tertiary/aromatic N) is 1. The molecular weight excluding hydrogens is 317 g/mol. The predicted molar refractivity (Wildman–Crippen MR) is 98.6 cm³/mol. The lowest BCUT2D eigenvalue weighted by Gasteiger charge is -2.55. The Kier molecular flexibility index (Phi) is 4.48. The zero-order chi connectivity index (χ0) is 18.7. The molecule has 3 fully saturated rings. The standard InChI is InChI=1S/C19H34BNO4/c1-16(2,3)23-15(22)21-13-12-19(21)10-8-14(9-11-19)20-24-17(4,5)18(6,7)25-20/h14H,8-13H2,1-7H3. The van der Waals surface area contributed by atoms with Crippen LogP contribution in [0.15, 0.2) is 0 Å². The molecule has 1 saturated carbocycles. The van der Waals surface area contributed by atoms with Gasteiger partial charge in [-0.25, -0.2) is 4.79 Å². The maximum Gasteiger partial charge on any atom is 0.461 e. The smallest absolute Gasteiger partial charge is 0.444 e. The zero-order valence-electron chi connectivity index (χ0n) is 17.0. The lowest BCUT2D eigenvalue weighted by Crippen LogP contribution is -2.64. The van der Waals surface area contributed by atoms with Gasteiger partial charge < -0.3 is 18.9 Å². The highest BCUT2D eigenvalue weighted by Crippen LogP contribution is 2.50. The van der Waals surface area contributed by atoms with Crippen LogP contribution in [0.1, 0.15) is 80.6 Å². The molecule has 0 radical (unpaired) electrons. The third-order valence-corrected chi connectivity index (χ3v) is 6.60. The number of carbonyl (C=O) groups is 1. The van der Waals surface area contributed by atoms with Crippen LogP contribution >= 0.6 is 0 Å². The van der Waals surface area contributed by atoms with Gasteiger partial charge in [0.1, 0.15) is 5.60 Å². The summed E-state index contributed by atoms with van der Waals surface area (Å²) < 4.78 is 18.1. The second kappa shape index (κ2) is 5.88. The van der Waals surface area contributed by atoms with Gasteiger partial charge in [-0.15, -0.1) is 0 Å². The van der Waals surface area contributed by atoms with Gasteiger partial charge in [0, 0.05) is 12.1 Å². The largest absolute Gasteiger partial charge is 0.461 e. The quantitative estimate of drug-likeness (QED) is 0.657. The molecule has 3 rings (SSSR count). The minimum atomic E-state index is -0.437. The molecule has 0 unspecified atom stereocenters. The van der Waals surface area contributed by atoms with Gasteiger partial charge >= 0.3 is 13.2 Å². The van der Waals surface area contributed by atoms with Crippen LogP contribution in [-0.2, 0) is 14.0 Å². The predicted octanol–water partition coefficient (Wildman–Crippen LogP) is 4.40. The minimum absolute atomic E-state index is 0.00245. The third-order valence-electron chi connectivity index (χ3n) is 6.60. The number of ether oxygens (including phenoxy) is 1. The molecule has 0 aromatic rings. The van der Waals surface area contributed by atoms with Gasteiger partial charge in [-0.05, 0) is 86.4 Å². The average molecular weight is 351 g/mol. The van der Waals surface area contributed by atoms with Crippen LogP contribution in [0.25, 0.3) is 0 Å². The fourth-order valence-corrected chi connectivity index (χ4v) is 4.19. The van der Waals surface area contributed by atoms with Crippen molar-refractivity contribution in [2.75, 3.05) is 6.54 Å². The van der Waals surface area contributed by atoms with Gasteiger partial charge in [0.2, 0.25) is 0 Å². The van der Waals surface area contributed by atoms with Gasteiger partial charge in [-0.2, -0.15) is 0 Å². The zero-order valence-corrected chi connectivity index (χ0v) is 17.0. The fraction of sp³-hybridized carbons (Fsp3) is 0.947. The minimum Gasteiger partial charge on any atom is -0.444 e. The molecular formula is C19H34BNO4. The van der Waals surface area contributed by atoms with Crippen LogP contribution in [0.3, 0.4) is 0 Å². The Morgan fingerprint density at radius 1 is 1.04 bits per heavy atom. The average Bonchev–Trinajstić information content (AvgIpc) is 2.64. The van der Waals surface area contributed by atoms with Gasteiger partial charge in [0.15, 0.2) is 0 Å². The van der Waals surface area contributed by atoms with E-state index in [1.54, 1.807) is 0 Å². The molecule has 6 heteroatoms. The molecule has 1 spiro atoms. The maximum absolute atomic E-state index is 12.5. The van der Waals surface area contributed by atoms with Gasteiger partial charge in [0.25, 0.3) is 0 Å². The molecule has 0 aromatic heterocycles. The number of rotatable bonds is 1. The summed E-state index contributed by atoms with van der Waals surface area (Å²) in [6.45, 7) is 15.0. The summed E-state index contributed by atoms with van der Waals surface area (Å²) in [5.41, 5.74) is -0.978. The van der Waals surface area contributed by atoms with Gasteiger partial charge in [0.05, 0.1) is 11.2 Å². The van der Waals surface area contributed by atoms with Crippen molar-refractivity contribution < 1.29 is 18.8 Å². The van der Waals surface area contributed by atoms with Gasteiger partial charge in [-0.1, -0.05) is 0 Å². The monoisotopic (exact) mass is 351 g/mol. The van der Waals surface area contributed by atoms with E-state index in [-0.39, 0.29) is 30.0 Å². The molecule has 0 aromatic carbocycles. The molecule has 2 aliphatic heterocycles. The highest BCUT2D eigenvalue weighted by atomic mass is 16.7. The molecule has 0 N–H and O–H groups in total. The van der Waals surface area contributed by atoms with Crippen LogP contribution in [-0.4, -0.2) is 47.0 Å². The molecule has 0 atom stereocenters. The summed E-state index contributed by atoms with van der Waals surface area (Å²) in [7, 11) is -0.127. The number of likely N-dealkylation sites (tertiary alicyclic amines) is 1. The summed E-state index contributed by atoms with van der Waals surface area (Å²) in [6, 6.07) is 0. The van der Waals surface area contributed by atoms with E-state index in [4.69, 9.17) is 14.0 Å². The first kappa shape index (κ1) is 19.0. The molecule has 2 saturated heterocycles. The van der Waals surface area contributed by atoms with Crippen LogP contribution in [0.5, 0.6) is 0 Å². The molecule has 1 aliphatic carbocycles. The first-order valence-electron chi connectivity index (χ1n) is 9.72. The van der Waals surface area contributed by atoms with Crippen LogP contribution < -0.4 is 0 Å². The molecule has 0 bridgehead atoms. The number of hydrogen-bond donors (Lipinski definition) is 0. The van der Waals surface area contributed by atoms with Crippen LogP contribution in [0.2, 0.25) is 5.82 Å². The lowest BCUT2D eigenvalue weighted by atomic mass is 9.58. The topological polar surface area (TPSA) is 48.0 Å². The van der Waals surface area contributed by atoms with Crippen LogP contribution in [0.4, 0.5) is 4.79 Å². The third kappa shape index (κ3) is 3.44. The van der Waals surface area contributed by atoms with Crippen molar-refractivity contribution in [2.45, 2.75) is 109 Å². The Bertz CT molecular complexity index is 516. The number of hydrogen-bond acceptors (Lipinski definition) is 4. The van der Waals surface area contributed by atoms with E-state index < -0.39 is 5.60 Å². The van der Waals surface area contributed by atoms with E-state index in [0.717, 1.165) is 38.6 Å². The van der Waals surface area contributed by atoms with Crippen molar-refractivity contribution in [1.82, 2.24) is 4.90 Å². The molecule has 25 heavy (non-hydrogen) atoms. The normalized spacial score (nSPS) is 34.1. The van der Waals surface area contributed by atoms with Crippen molar-refractivity contribution in [3.8, 4) is 0 Å². The van der Waals surface area contributed by atoms with Crippen molar-refractivity contribution in [3.05, 3.63) is 0 Å². The van der Waals surface area contributed by atoms with E-state index in [0.29, 0.717) is 5.82 Å². The summed E-state index contributed by atoms with van der Waals surface area (Å²) in [4.78, 5) is 14.4. The second-order valence-corrected chi connectivity index (χ2v) is 10.1. The fourth-order valence-electron chi connectivity index (χ4n) is 4.19. The van der Waals surface area contributed by atoms with Gasteiger partial charge in [-0.3, -0.25) is 0 Å². The first-order chi connectivity index (χ1) is 11.4. The van der Waals surface area contributed by atoms with Crippen molar-refractivity contribution in [1.29, 1.82) is 0 Å². The van der Waals surface area contributed by atoms with E-state index in [1.165, 1.54) is 0 Å². The highest BCUT2D eigenvalue weighted by Gasteiger charge is 2.57. The number of carbonyl (C=O) groups excluding carboxylic acids is 1. The summed E-state index contributed by atoms with van der Waals surface area (Å²) in [5.74, 6) is 0.410. The van der Waals surface area contributed by atoms with E-state index >= 15 is 0 Å². The van der Waals surface area contributed by atoms with E-state index in [1.807, 2.05) is 25.7 Å². The maximum atomic E-state index is 12.5. The Hall–Kier alpha value is -0.745. The highest BCUT2D eigenvalue weighted by molar-refractivity contribution is 6.47. The van der Waals surface area contributed by atoms with E-state index in [2.05, 4.69) is 27.7 Å².